The Bertz CT molecular complexity index is 1380. The van der Waals surface area contributed by atoms with Gasteiger partial charge in [0.1, 0.15) is 17.1 Å². The van der Waals surface area contributed by atoms with E-state index in [1.165, 1.54) is 28.2 Å². The fourth-order valence-electron chi connectivity index (χ4n) is 2.92. The molecule has 32 heavy (non-hydrogen) atoms. The first-order valence-corrected chi connectivity index (χ1v) is 10.2. The Morgan fingerprint density at radius 3 is 2.59 bits per heavy atom. The van der Waals surface area contributed by atoms with Crippen molar-refractivity contribution in [2.24, 2.45) is 10.2 Å². The van der Waals surface area contributed by atoms with E-state index in [1.54, 1.807) is 14.0 Å². The Morgan fingerprint density at radius 2 is 1.94 bits per heavy atom. The molecule has 2 aromatic heterocycles. The number of phenols is 1. The quantitative estimate of drug-likeness (QED) is 0.370. The molecule has 4 rings (SSSR count). The molecular formula is C21H17N5O5S. The summed E-state index contributed by atoms with van der Waals surface area (Å²) in [4.78, 5) is 28.4. The first-order chi connectivity index (χ1) is 15.4. The molecule has 0 saturated heterocycles. The van der Waals surface area contributed by atoms with Gasteiger partial charge in [-0.2, -0.15) is 9.80 Å². The van der Waals surface area contributed by atoms with Gasteiger partial charge < -0.3 is 14.9 Å². The number of hydrogen-bond donors (Lipinski definition) is 3. The Morgan fingerprint density at radius 1 is 1.19 bits per heavy atom. The average Bonchev–Trinajstić information content (AvgIpc) is 3.37. The van der Waals surface area contributed by atoms with E-state index in [9.17, 15) is 14.7 Å². The number of nitrogens with one attached hydrogen (secondary N) is 1. The molecule has 0 aliphatic heterocycles. The van der Waals surface area contributed by atoms with Crippen LogP contribution in [0.3, 0.4) is 0 Å². The molecule has 0 radical (unpaired) electrons. The van der Waals surface area contributed by atoms with Gasteiger partial charge in [-0.1, -0.05) is 0 Å². The standard InChI is InChI=1S/C21H17N5O5S/c1-11-18(24-23-13-5-8-15(20(29)30)17(27)9-13)19(28)26(25-11)21-22-16(10-32-21)12-3-6-14(31-2)7-4-12/h3-10,25,27H,1-2H3,(H,29,30). The van der Waals surface area contributed by atoms with Crippen molar-refractivity contribution in [3.63, 3.8) is 0 Å². The van der Waals surface area contributed by atoms with E-state index in [4.69, 9.17) is 9.84 Å². The van der Waals surface area contributed by atoms with Crippen molar-refractivity contribution in [1.82, 2.24) is 14.8 Å². The number of aryl methyl sites for hydroxylation is 1. The summed E-state index contributed by atoms with van der Waals surface area (Å²) in [6.07, 6.45) is 0. The second-order valence-corrected chi connectivity index (χ2v) is 7.51. The normalized spacial score (nSPS) is 11.2. The predicted octanol–water partition coefficient (Wildman–Crippen LogP) is 4.43. The molecule has 2 heterocycles. The molecule has 0 aliphatic rings. The van der Waals surface area contributed by atoms with Gasteiger partial charge in [-0.3, -0.25) is 9.89 Å². The SMILES string of the molecule is COc1ccc(-c2csc(-n3[nH]c(C)c(N=Nc4ccc(C(=O)O)c(O)c4)c3=O)n2)cc1. The molecule has 0 unspecified atom stereocenters. The van der Waals surface area contributed by atoms with Gasteiger partial charge in [-0.05, 0) is 43.3 Å². The number of aromatic amines is 1. The average molecular weight is 451 g/mol. The zero-order valence-electron chi connectivity index (χ0n) is 16.9. The topological polar surface area (TPSA) is 142 Å². The predicted molar refractivity (Wildman–Crippen MR) is 118 cm³/mol. The maximum absolute atomic E-state index is 12.9. The van der Waals surface area contributed by atoms with E-state index in [1.807, 2.05) is 29.6 Å². The highest BCUT2D eigenvalue weighted by Gasteiger charge is 2.16. The molecule has 2 aromatic carbocycles. The van der Waals surface area contributed by atoms with Gasteiger partial charge in [0.2, 0.25) is 5.13 Å². The van der Waals surface area contributed by atoms with Crippen molar-refractivity contribution in [2.45, 2.75) is 6.92 Å². The largest absolute Gasteiger partial charge is 0.507 e. The molecule has 0 amide bonds. The number of benzene rings is 2. The Kier molecular flexibility index (Phi) is 5.56. The van der Waals surface area contributed by atoms with Gasteiger partial charge in [-0.15, -0.1) is 16.5 Å². The lowest BCUT2D eigenvalue weighted by Gasteiger charge is -2.00. The number of hydrogen-bond acceptors (Lipinski definition) is 8. The summed E-state index contributed by atoms with van der Waals surface area (Å²) in [6, 6.07) is 11.2. The number of methoxy groups -OCH3 is 1. The number of ether oxygens (including phenoxy) is 1. The van der Waals surface area contributed by atoms with Crippen LogP contribution >= 0.6 is 11.3 Å². The fraction of sp³-hybridized carbons (Fsp3) is 0.0952. The molecule has 3 N–H and O–H groups in total. The highest BCUT2D eigenvalue weighted by molar-refractivity contribution is 7.12. The van der Waals surface area contributed by atoms with Crippen molar-refractivity contribution >= 4 is 28.7 Å². The summed E-state index contributed by atoms with van der Waals surface area (Å²) in [5, 5.41) is 31.9. The highest BCUT2D eigenvalue weighted by Crippen LogP contribution is 2.27. The van der Waals surface area contributed by atoms with Crippen LogP contribution in [0.25, 0.3) is 16.4 Å². The van der Waals surface area contributed by atoms with E-state index >= 15 is 0 Å². The molecule has 0 atom stereocenters. The van der Waals surface area contributed by atoms with Crippen molar-refractivity contribution < 1.29 is 19.7 Å². The number of aromatic nitrogens is 3. The van der Waals surface area contributed by atoms with Crippen LogP contribution in [-0.2, 0) is 0 Å². The summed E-state index contributed by atoms with van der Waals surface area (Å²) in [5.41, 5.74) is 1.67. The minimum absolute atomic E-state index is 0.0769. The van der Waals surface area contributed by atoms with Crippen LogP contribution in [0.4, 0.5) is 11.4 Å². The smallest absolute Gasteiger partial charge is 0.339 e. The van der Waals surface area contributed by atoms with Gasteiger partial charge in [-0.25, -0.2) is 9.78 Å². The molecule has 0 fully saturated rings. The lowest BCUT2D eigenvalue weighted by Crippen LogP contribution is -2.13. The second-order valence-electron chi connectivity index (χ2n) is 6.68. The Hall–Kier alpha value is -4.25. The molecule has 4 aromatic rings. The van der Waals surface area contributed by atoms with Crippen LogP contribution < -0.4 is 10.3 Å². The summed E-state index contributed by atoms with van der Waals surface area (Å²) >= 11 is 1.29. The number of carboxylic acids is 1. The van der Waals surface area contributed by atoms with Gasteiger partial charge in [0.25, 0.3) is 0 Å². The maximum atomic E-state index is 12.9. The van der Waals surface area contributed by atoms with Crippen molar-refractivity contribution in [3.05, 3.63) is 69.5 Å². The first-order valence-electron chi connectivity index (χ1n) is 9.27. The number of H-pyrrole nitrogens is 1. The number of thiazole rings is 1. The van der Waals surface area contributed by atoms with Crippen molar-refractivity contribution in [2.75, 3.05) is 7.11 Å². The number of carbonyl (C=O) groups is 1. The van der Waals surface area contributed by atoms with Crippen molar-refractivity contribution in [1.29, 1.82) is 0 Å². The number of carboxylic acid groups (broad SMARTS) is 1. The molecular weight excluding hydrogens is 434 g/mol. The third kappa shape index (κ3) is 4.01. The van der Waals surface area contributed by atoms with Crippen molar-refractivity contribution in [3.8, 4) is 27.9 Å². The van der Waals surface area contributed by atoms with E-state index in [-0.39, 0.29) is 16.9 Å². The number of aromatic hydroxyl groups is 1. The molecule has 0 aliphatic carbocycles. The number of nitrogens with zero attached hydrogens (tertiary/aromatic N) is 4. The highest BCUT2D eigenvalue weighted by atomic mass is 32.1. The van der Waals surface area contributed by atoms with E-state index in [2.05, 4.69) is 20.3 Å². The van der Waals surface area contributed by atoms with Crippen LogP contribution in [0.15, 0.2) is 62.9 Å². The molecule has 162 valence electrons. The van der Waals surface area contributed by atoms with Gasteiger partial charge in [0, 0.05) is 17.0 Å². The number of rotatable bonds is 6. The Balaban J connectivity index is 1.62. The van der Waals surface area contributed by atoms with Gasteiger partial charge >= 0.3 is 11.5 Å². The zero-order valence-corrected chi connectivity index (χ0v) is 17.8. The lowest BCUT2D eigenvalue weighted by atomic mass is 10.2. The Labute approximate surface area is 185 Å². The third-order valence-corrected chi connectivity index (χ3v) is 5.41. The number of azo groups is 1. The van der Waals surface area contributed by atoms with Crippen LogP contribution in [0.2, 0.25) is 0 Å². The molecule has 0 bridgehead atoms. The summed E-state index contributed by atoms with van der Waals surface area (Å²) in [5.74, 6) is -0.958. The molecule has 11 heteroatoms. The summed E-state index contributed by atoms with van der Waals surface area (Å²) < 4.78 is 6.45. The molecule has 10 nitrogen and oxygen atoms in total. The van der Waals surface area contributed by atoms with E-state index < -0.39 is 17.3 Å². The second kappa shape index (κ2) is 8.47. The van der Waals surface area contributed by atoms with Gasteiger partial charge in [0.15, 0.2) is 5.69 Å². The zero-order chi connectivity index (χ0) is 22.8. The van der Waals surface area contributed by atoms with Crippen LogP contribution in [0.1, 0.15) is 16.1 Å². The summed E-state index contributed by atoms with van der Waals surface area (Å²) in [6.45, 7) is 1.68. The minimum atomic E-state index is -1.26. The molecule has 0 saturated carbocycles. The van der Waals surface area contributed by atoms with Gasteiger partial charge in [0.05, 0.1) is 24.2 Å². The van der Waals surface area contributed by atoms with E-state index in [0.29, 0.717) is 16.5 Å². The van der Waals surface area contributed by atoms with E-state index in [0.717, 1.165) is 17.4 Å². The first kappa shape index (κ1) is 21.0. The monoisotopic (exact) mass is 451 g/mol. The fourth-order valence-corrected chi connectivity index (χ4v) is 3.71. The van der Waals surface area contributed by atoms with Crippen LogP contribution in [-0.4, -0.2) is 38.1 Å². The van der Waals surface area contributed by atoms with Crippen LogP contribution in [0, 0.1) is 6.92 Å². The molecule has 0 spiro atoms. The number of aromatic carboxylic acids is 1. The summed E-state index contributed by atoms with van der Waals surface area (Å²) in [7, 11) is 1.60. The lowest BCUT2D eigenvalue weighted by molar-refractivity contribution is 0.0694. The third-order valence-electron chi connectivity index (χ3n) is 4.59. The minimum Gasteiger partial charge on any atom is -0.507 e. The van der Waals surface area contributed by atoms with Crippen LogP contribution in [0.5, 0.6) is 11.5 Å². The maximum Gasteiger partial charge on any atom is 0.339 e.